The lowest BCUT2D eigenvalue weighted by atomic mass is 9.92. The number of ketones is 1. The third-order valence-corrected chi connectivity index (χ3v) is 4.15. The van der Waals surface area contributed by atoms with Crippen molar-refractivity contribution in [3.63, 3.8) is 0 Å². The molecule has 1 aromatic carbocycles. The molecule has 0 aliphatic heterocycles. The van der Waals surface area contributed by atoms with Gasteiger partial charge in [0, 0.05) is 10.4 Å². The van der Waals surface area contributed by atoms with Crippen molar-refractivity contribution < 1.29 is 9.90 Å². The molecule has 0 bridgehead atoms. The molecule has 0 fully saturated rings. The number of phenolic OH excluding ortho intramolecular Hbond substituents is 1. The van der Waals surface area contributed by atoms with E-state index >= 15 is 0 Å². The van der Waals surface area contributed by atoms with Crippen LogP contribution in [0.1, 0.15) is 40.9 Å². The van der Waals surface area contributed by atoms with Gasteiger partial charge in [0.05, 0.1) is 5.56 Å². The van der Waals surface area contributed by atoms with Gasteiger partial charge in [-0.15, -0.1) is 0 Å². The molecule has 0 atom stereocenters. The Hall–Kier alpha value is -0.830. The first-order valence-electron chi connectivity index (χ1n) is 5.31. The van der Waals surface area contributed by atoms with Gasteiger partial charge in [-0.2, -0.15) is 0 Å². The number of halogens is 1. The van der Waals surface area contributed by atoms with Gasteiger partial charge in [-0.3, -0.25) is 4.79 Å². The first-order valence-corrected chi connectivity index (χ1v) is 6.10. The molecule has 0 radical (unpaired) electrons. The third-order valence-electron chi connectivity index (χ3n) is 2.96. The normalized spacial score (nSPS) is 10.9. The first kappa shape index (κ1) is 13.2. The van der Waals surface area contributed by atoms with Crippen LogP contribution in [-0.2, 0) is 0 Å². The molecule has 0 aromatic heterocycles. The van der Waals surface area contributed by atoms with E-state index in [-0.39, 0.29) is 17.5 Å². The molecule has 1 N–H and O–H groups in total. The first-order chi connectivity index (χ1) is 7.29. The van der Waals surface area contributed by atoms with Crippen molar-refractivity contribution in [2.45, 2.75) is 34.6 Å². The molecular weight excluding hydrogens is 268 g/mol. The van der Waals surface area contributed by atoms with Gasteiger partial charge < -0.3 is 5.11 Å². The molecule has 0 unspecified atom stereocenters. The minimum atomic E-state index is -0.112. The summed E-state index contributed by atoms with van der Waals surface area (Å²) in [5.41, 5.74) is 3.01. The van der Waals surface area contributed by atoms with E-state index in [1.54, 1.807) is 0 Å². The van der Waals surface area contributed by atoms with E-state index < -0.39 is 0 Å². The summed E-state index contributed by atoms with van der Waals surface area (Å²) >= 11 is 3.47. The highest BCUT2D eigenvalue weighted by Gasteiger charge is 2.22. The molecule has 0 aliphatic carbocycles. The molecular formula is C13H17BrO2. The summed E-state index contributed by atoms with van der Waals surface area (Å²) in [6, 6.07) is 0. The van der Waals surface area contributed by atoms with E-state index in [1.165, 1.54) is 0 Å². The quantitative estimate of drug-likeness (QED) is 0.836. The van der Waals surface area contributed by atoms with Crippen LogP contribution in [0.25, 0.3) is 0 Å². The van der Waals surface area contributed by atoms with Crippen LogP contribution < -0.4 is 0 Å². The molecule has 2 nitrogen and oxygen atoms in total. The fourth-order valence-electron chi connectivity index (χ4n) is 1.69. The second-order valence-corrected chi connectivity index (χ2v) is 5.22. The van der Waals surface area contributed by atoms with Crippen LogP contribution in [0.2, 0.25) is 0 Å². The molecule has 88 valence electrons. The molecule has 0 saturated heterocycles. The standard InChI is InChI=1S/C13H17BrO2/c1-6(2)12(15)10-9(5)11(14)7(3)8(4)13(10)16/h6,16H,1-5H3. The van der Waals surface area contributed by atoms with Gasteiger partial charge in [-0.1, -0.05) is 29.8 Å². The van der Waals surface area contributed by atoms with Crippen LogP contribution in [0.3, 0.4) is 0 Å². The monoisotopic (exact) mass is 284 g/mol. The second-order valence-electron chi connectivity index (χ2n) is 4.43. The lowest BCUT2D eigenvalue weighted by Gasteiger charge is -2.16. The van der Waals surface area contributed by atoms with Gasteiger partial charge in [-0.05, 0) is 37.5 Å². The molecule has 0 spiro atoms. The number of Topliss-reactive ketones (excluding diaryl/α,β-unsaturated/α-hetero) is 1. The lowest BCUT2D eigenvalue weighted by molar-refractivity contribution is 0.0936. The number of hydrogen-bond acceptors (Lipinski definition) is 2. The SMILES string of the molecule is Cc1c(C)c(Br)c(C)c(C(=O)C(C)C)c1O. The second kappa shape index (κ2) is 4.58. The number of carbonyl (C=O) groups is 1. The maximum absolute atomic E-state index is 12.0. The van der Waals surface area contributed by atoms with E-state index in [4.69, 9.17) is 0 Å². The van der Waals surface area contributed by atoms with Crippen molar-refractivity contribution >= 4 is 21.7 Å². The molecule has 0 heterocycles. The van der Waals surface area contributed by atoms with E-state index in [0.29, 0.717) is 5.56 Å². The molecule has 1 aromatic rings. The van der Waals surface area contributed by atoms with Gasteiger partial charge in [0.2, 0.25) is 0 Å². The highest BCUT2D eigenvalue weighted by Crippen LogP contribution is 2.36. The Morgan fingerprint density at radius 3 is 2.06 bits per heavy atom. The number of hydrogen-bond donors (Lipinski definition) is 1. The molecule has 3 heteroatoms. The number of phenols is 1. The average Bonchev–Trinajstić information content (AvgIpc) is 2.23. The fourth-order valence-corrected chi connectivity index (χ4v) is 2.18. The van der Waals surface area contributed by atoms with Crippen molar-refractivity contribution in [2.24, 2.45) is 5.92 Å². The van der Waals surface area contributed by atoms with Gasteiger partial charge in [0.15, 0.2) is 5.78 Å². The summed E-state index contributed by atoms with van der Waals surface area (Å²) in [6.45, 7) is 9.28. The zero-order chi connectivity index (χ0) is 12.6. The van der Waals surface area contributed by atoms with Crippen LogP contribution in [0.5, 0.6) is 5.75 Å². The summed E-state index contributed by atoms with van der Waals surface area (Å²) in [6.07, 6.45) is 0. The van der Waals surface area contributed by atoms with Crippen molar-refractivity contribution in [3.8, 4) is 5.75 Å². The Labute approximate surface area is 105 Å². The zero-order valence-electron chi connectivity index (χ0n) is 10.3. The fraction of sp³-hybridized carbons (Fsp3) is 0.462. The van der Waals surface area contributed by atoms with Crippen LogP contribution >= 0.6 is 15.9 Å². The maximum atomic E-state index is 12.0. The predicted molar refractivity (Wildman–Crippen MR) is 69.2 cm³/mol. The van der Waals surface area contributed by atoms with Crippen LogP contribution in [-0.4, -0.2) is 10.9 Å². The third kappa shape index (κ3) is 2.01. The Morgan fingerprint density at radius 1 is 1.12 bits per heavy atom. The topological polar surface area (TPSA) is 37.3 Å². The number of carbonyl (C=O) groups excluding carboxylic acids is 1. The maximum Gasteiger partial charge on any atom is 0.169 e. The number of benzene rings is 1. The van der Waals surface area contributed by atoms with Gasteiger partial charge in [-0.25, -0.2) is 0 Å². The molecule has 0 saturated carbocycles. The Bertz CT molecular complexity index is 419. The van der Waals surface area contributed by atoms with Gasteiger partial charge in [0.25, 0.3) is 0 Å². The van der Waals surface area contributed by atoms with Crippen LogP contribution in [0, 0.1) is 26.7 Å². The minimum Gasteiger partial charge on any atom is -0.507 e. The lowest BCUT2D eigenvalue weighted by Crippen LogP contribution is -2.11. The summed E-state index contributed by atoms with van der Waals surface area (Å²) in [5.74, 6) is -0.00527. The molecule has 16 heavy (non-hydrogen) atoms. The Kier molecular flexibility index (Phi) is 3.79. The van der Waals surface area contributed by atoms with E-state index in [2.05, 4.69) is 15.9 Å². The average molecular weight is 285 g/mol. The minimum absolute atomic E-state index is 0.0150. The molecule has 0 amide bonds. The van der Waals surface area contributed by atoms with Crippen molar-refractivity contribution in [1.82, 2.24) is 0 Å². The number of aromatic hydroxyl groups is 1. The smallest absolute Gasteiger partial charge is 0.169 e. The highest BCUT2D eigenvalue weighted by atomic mass is 79.9. The van der Waals surface area contributed by atoms with Crippen molar-refractivity contribution in [3.05, 3.63) is 26.7 Å². The van der Waals surface area contributed by atoms with E-state index in [1.807, 2.05) is 34.6 Å². The van der Waals surface area contributed by atoms with Crippen molar-refractivity contribution in [1.29, 1.82) is 0 Å². The number of rotatable bonds is 2. The van der Waals surface area contributed by atoms with Gasteiger partial charge >= 0.3 is 0 Å². The summed E-state index contributed by atoms with van der Waals surface area (Å²) in [7, 11) is 0. The van der Waals surface area contributed by atoms with E-state index in [9.17, 15) is 9.90 Å². The predicted octanol–water partition coefficient (Wildman–Crippen LogP) is 3.92. The summed E-state index contributed by atoms with van der Waals surface area (Å²) in [4.78, 5) is 12.0. The van der Waals surface area contributed by atoms with Crippen LogP contribution in [0.4, 0.5) is 0 Å². The molecule has 0 aliphatic rings. The Morgan fingerprint density at radius 2 is 1.62 bits per heavy atom. The van der Waals surface area contributed by atoms with Crippen LogP contribution in [0.15, 0.2) is 4.47 Å². The summed E-state index contributed by atoms with van der Waals surface area (Å²) in [5, 5.41) is 10.1. The van der Waals surface area contributed by atoms with Crippen molar-refractivity contribution in [2.75, 3.05) is 0 Å². The molecule has 1 rings (SSSR count). The van der Waals surface area contributed by atoms with E-state index in [0.717, 1.165) is 21.2 Å². The highest BCUT2D eigenvalue weighted by molar-refractivity contribution is 9.10. The Balaban J connectivity index is 3.58. The van der Waals surface area contributed by atoms with Gasteiger partial charge in [0.1, 0.15) is 5.75 Å². The largest absolute Gasteiger partial charge is 0.507 e. The summed E-state index contributed by atoms with van der Waals surface area (Å²) < 4.78 is 0.909. The zero-order valence-corrected chi connectivity index (χ0v) is 11.9.